The third-order valence-electron chi connectivity index (χ3n) is 1.71. The highest BCUT2D eigenvalue weighted by atomic mass is 16.6. The first kappa shape index (κ1) is 8.58. The van der Waals surface area contributed by atoms with Gasteiger partial charge in [-0.1, -0.05) is 6.58 Å². The molecule has 0 bridgehead atoms. The number of amides is 1. The van der Waals surface area contributed by atoms with E-state index in [1.54, 1.807) is 26.0 Å². The Hall–Kier alpha value is -1.52. The summed E-state index contributed by atoms with van der Waals surface area (Å²) in [6, 6.07) is 0.267. The molecule has 0 aliphatic carbocycles. The molecule has 0 aromatic rings. The Morgan fingerprint density at radius 3 is 2.50 bits per heavy atom. The van der Waals surface area contributed by atoms with E-state index in [1.807, 2.05) is 0 Å². The lowest BCUT2D eigenvalue weighted by atomic mass is 10.5. The van der Waals surface area contributed by atoms with Gasteiger partial charge in [0.15, 0.2) is 0 Å². The van der Waals surface area contributed by atoms with Crippen molar-refractivity contribution < 1.29 is 9.53 Å². The number of hydrogen-bond acceptors (Lipinski definition) is 3. The van der Waals surface area contributed by atoms with Gasteiger partial charge in [0, 0.05) is 21.1 Å². The highest BCUT2D eigenvalue weighted by molar-refractivity contribution is 5.91. The summed E-state index contributed by atoms with van der Waals surface area (Å²) in [5.41, 5.74) is 0. The van der Waals surface area contributed by atoms with Gasteiger partial charge in [0.2, 0.25) is 0 Å². The molecule has 0 unspecified atom stereocenters. The van der Waals surface area contributed by atoms with Gasteiger partial charge in [-0.15, -0.1) is 0 Å². The molecule has 12 heavy (non-hydrogen) atoms. The van der Waals surface area contributed by atoms with Gasteiger partial charge in [-0.3, -0.25) is 9.80 Å². The van der Waals surface area contributed by atoms with E-state index in [4.69, 9.17) is 4.74 Å². The van der Waals surface area contributed by atoms with Crippen LogP contribution in [0, 0.1) is 0 Å². The Morgan fingerprint density at radius 2 is 2.00 bits per heavy atom. The Morgan fingerprint density at radius 1 is 1.42 bits per heavy atom. The van der Waals surface area contributed by atoms with Crippen molar-refractivity contribution in [2.75, 3.05) is 21.1 Å². The van der Waals surface area contributed by atoms with Crippen LogP contribution in [0.25, 0.3) is 0 Å². The zero-order valence-corrected chi connectivity index (χ0v) is 7.37. The van der Waals surface area contributed by atoms with Gasteiger partial charge in [0.25, 0.3) is 0 Å². The number of ether oxygens (including phenoxy) is 1. The Kier molecular flexibility index (Phi) is 2.03. The first-order chi connectivity index (χ1) is 5.57. The molecule has 1 saturated heterocycles. The van der Waals surface area contributed by atoms with Gasteiger partial charge < -0.3 is 4.74 Å². The first-order valence-electron chi connectivity index (χ1n) is 3.43. The monoisotopic (exact) mass is 169 g/mol. The molecule has 66 valence electrons. The summed E-state index contributed by atoms with van der Waals surface area (Å²) in [5, 5.41) is 0. The number of cyclic esters (lactones) is 1. The smallest absolute Gasteiger partial charge is 0.375 e. The summed E-state index contributed by atoms with van der Waals surface area (Å²) in [5.74, 6) is 0.548. The van der Waals surface area contributed by atoms with Crippen molar-refractivity contribution in [2.24, 2.45) is 4.99 Å². The standard InChI is InChI=1S/C7H11N3O2/c1-5-9(3)6(8-2)12-7(11)10(5)4/h1H2,2-4H3. The molecular weight excluding hydrogens is 158 g/mol. The second-order valence-electron chi connectivity index (χ2n) is 2.41. The lowest BCUT2D eigenvalue weighted by Gasteiger charge is -2.32. The highest BCUT2D eigenvalue weighted by Gasteiger charge is 2.28. The van der Waals surface area contributed by atoms with Crippen LogP contribution in [0.3, 0.4) is 0 Å². The second-order valence-corrected chi connectivity index (χ2v) is 2.41. The summed E-state index contributed by atoms with van der Waals surface area (Å²) in [6.45, 7) is 3.70. The van der Waals surface area contributed by atoms with Crippen molar-refractivity contribution >= 4 is 12.1 Å². The Labute approximate surface area is 70.9 Å². The molecule has 1 aliphatic rings. The molecule has 0 atom stereocenters. The number of amidine groups is 1. The van der Waals surface area contributed by atoms with Crippen LogP contribution in [-0.2, 0) is 4.74 Å². The van der Waals surface area contributed by atoms with Crippen molar-refractivity contribution in [3.05, 3.63) is 12.4 Å². The second kappa shape index (κ2) is 2.84. The van der Waals surface area contributed by atoms with Crippen LogP contribution < -0.4 is 0 Å². The zero-order chi connectivity index (χ0) is 9.30. The van der Waals surface area contributed by atoms with Crippen molar-refractivity contribution in [1.82, 2.24) is 9.80 Å². The van der Waals surface area contributed by atoms with Crippen molar-refractivity contribution in [3.8, 4) is 0 Å². The van der Waals surface area contributed by atoms with Crippen LogP contribution in [0.2, 0.25) is 0 Å². The fraction of sp³-hybridized carbons (Fsp3) is 0.429. The lowest BCUT2D eigenvalue weighted by Crippen LogP contribution is -2.46. The van der Waals surface area contributed by atoms with Gasteiger partial charge >= 0.3 is 12.1 Å². The number of nitrogens with zero attached hydrogens (tertiary/aromatic N) is 3. The topological polar surface area (TPSA) is 45.1 Å². The highest BCUT2D eigenvalue weighted by Crippen LogP contribution is 2.13. The molecule has 1 fully saturated rings. The maximum Gasteiger partial charge on any atom is 0.423 e. The molecule has 0 spiro atoms. The number of hydrogen-bond donors (Lipinski definition) is 0. The normalized spacial score (nSPS) is 21.8. The predicted octanol–water partition coefficient (Wildman–Crippen LogP) is 0.457. The van der Waals surface area contributed by atoms with E-state index in [-0.39, 0.29) is 6.02 Å². The summed E-state index contributed by atoms with van der Waals surface area (Å²) in [6.07, 6.45) is -0.460. The fourth-order valence-electron chi connectivity index (χ4n) is 0.851. The SMILES string of the molecule is C=C1N(C)C(=O)OC(=NC)N1C. The maximum atomic E-state index is 11.1. The molecule has 0 radical (unpaired) electrons. The molecule has 0 N–H and O–H groups in total. The maximum absolute atomic E-state index is 11.1. The minimum absolute atomic E-state index is 0.267. The lowest BCUT2D eigenvalue weighted by molar-refractivity contribution is 0.135. The third kappa shape index (κ3) is 1.13. The molecule has 1 rings (SSSR count). The van der Waals surface area contributed by atoms with Gasteiger partial charge in [-0.2, -0.15) is 0 Å². The van der Waals surface area contributed by atoms with E-state index < -0.39 is 6.09 Å². The van der Waals surface area contributed by atoms with Crippen LogP contribution >= 0.6 is 0 Å². The summed E-state index contributed by atoms with van der Waals surface area (Å²) >= 11 is 0. The van der Waals surface area contributed by atoms with E-state index in [0.29, 0.717) is 5.82 Å². The van der Waals surface area contributed by atoms with E-state index >= 15 is 0 Å². The zero-order valence-electron chi connectivity index (χ0n) is 7.37. The average Bonchev–Trinajstić information content (AvgIpc) is 2.08. The molecule has 0 saturated carbocycles. The van der Waals surface area contributed by atoms with E-state index in [0.717, 1.165) is 0 Å². The van der Waals surface area contributed by atoms with Gasteiger partial charge in [-0.05, 0) is 0 Å². The number of aliphatic imine (C=N–C) groups is 1. The predicted molar refractivity (Wildman–Crippen MR) is 44.5 cm³/mol. The minimum atomic E-state index is -0.460. The molecule has 0 aromatic heterocycles. The van der Waals surface area contributed by atoms with Crippen LogP contribution in [-0.4, -0.2) is 43.1 Å². The molecule has 0 aromatic carbocycles. The van der Waals surface area contributed by atoms with E-state index in [1.165, 1.54) is 4.90 Å². The van der Waals surface area contributed by atoms with Gasteiger partial charge in [0.1, 0.15) is 5.82 Å². The summed E-state index contributed by atoms with van der Waals surface area (Å²) in [7, 11) is 4.87. The van der Waals surface area contributed by atoms with Crippen molar-refractivity contribution in [3.63, 3.8) is 0 Å². The van der Waals surface area contributed by atoms with E-state index in [2.05, 4.69) is 11.6 Å². The largest absolute Gasteiger partial charge is 0.423 e. The van der Waals surface area contributed by atoms with Crippen molar-refractivity contribution in [2.45, 2.75) is 0 Å². The van der Waals surface area contributed by atoms with Crippen LogP contribution in [0.15, 0.2) is 17.4 Å². The Balaban J connectivity index is 2.92. The minimum Gasteiger partial charge on any atom is -0.375 e. The van der Waals surface area contributed by atoms with Crippen LogP contribution in [0.4, 0.5) is 4.79 Å². The fourth-order valence-corrected chi connectivity index (χ4v) is 0.851. The van der Waals surface area contributed by atoms with Crippen LogP contribution in [0.1, 0.15) is 0 Å². The molecule has 5 nitrogen and oxygen atoms in total. The quantitative estimate of drug-likeness (QED) is 0.529. The van der Waals surface area contributed by atoms with Crippen LogP contribution in [0.5, 0.6) is 0 Å². The summed E-state index contributed by atoms with van der Waals surface area (Å²) in [4.78, 5) is 17.7. The Bertz CT molecular complexity index is 259. The molecule has 1 aliphatic heterocycles. The van der Waals surface area contributed by atoms with Crippen molar-refractivity contribution in [1.29, 1.82) is 0 Å². The van der Waals surface area contributed by atoms with E-state index in [9.17, 15) is 4.79 Å². The molecule has 1 amide bonds. The third-order valence-corrected chi connectivity index (χ3v) is 1.71. The number of carbonyl (C=O) groups is 1. The van der Waals surface area contributed by atoms with Gasteiger partial charge in [0.05, 0.1) is 0 Å². The molecule has 1 heterocycles. The molecule has 5 heteroatoms. The number of carbonyl (C=O) groups excluding carboxylic acids is 1. The molecular formula is C7H11N3O2. The average molecular weight is 169 g/mol. The summed E-state index contributed by atoms with van der Waals surface area (Å²) < 4.78 is 4.83. The number of rotatable bonds is 0. The first-order valence-corrected chi connectivity index (χ1v) is 3.43. The van der Waals surface area contributed by atoms with Gasteiger partial charge in [-0.25, -0.2) is 9.79 Å².